The van der Waals surface area contributed by atoms with Crippen molar-refractivity contribution in [3.05, 3.63) is 0 Å². The SMILES string of the molecule is CC(C)CCCCCCCCCCCCCC(=O)OC[C@H](COP(=O)(O)OCC(O)COP(=O)(O)OC[C@@H](COC(=O)CCCCCCCCCCC(C)C)OC(=O)CCCCCCCCCCCCC(C)C)OC(=O)CCCCCCCCCC(C)C. The van der Waals surface area contributed by atoms with Crippen molar-refractivity contribution >= 4 is 39.5 Å². The van der Waals surface area contributed by atoms with Crippen LogP contribution >= 0.6 is 15.6 Å². The van der Waals surface area contributed by atoms with E-state index in [0.29, 0.717) is 31.6 Å². The van der Waals surface area contributed by atoms with E-state index in [1.165, 1.54) is 141 Å². The standard InChI is InChI=1S/C69H134O17P2/c1-59(2)45-37-29-21-14-10-9-11-16-25-33-41-49-66(71)79-56-65(86-69(74)52-44-36-28-20-24-32-40-48-62(7)8)58-84-88(77,78)82-54-63(70)53-81-87(75,76)83-57-64(55-80-67(72)50-42-34-26-19-18-23-31-39-47-61(5)6)85-68(73)51-43-35-27-17-13-12-15-22-30-38-46-60(3)4/h59-65,70H,9-58H2,1-8H3,(H,75,76)(H,77,78)/t63?,64-,65-/m1/s1. The fourth-order valence-electron chi connectivity index (χ4n) is 10.3. The number of phosphoric ester groups is 2. The Morgan fingerprint density at radius 3 is 0.705 bits per heavy atom. The van der Waals surface area contributed by atoms with Gasteiger partial charge in [-0.3, -0.25) is 37.3 Å². The van der Waals surface area contributed by atoms with Crippen LogP contribution < -0.4 is 0 Å². The van der Waals surface area contributed by atoms with Crippen molar-refractivity contribution in [1.82, 2.24) is 0 Å². The number of hydrogen-bond donors (Lipinski definition) is 3. The Morgan fingerprint density at radius 2 is 0.477 bits per heavy atom. The molecule has 0 saturated heterocycles. The van der Waals surface area contributed by atoms with Gasteiger partial charge in [0.05, 0.1) is 26.4 Å². The van der Waals surface area contributed by atoms with Crippen molar-refractivity contribution in [2.45, 2.75) is 356 Å². The number of aliphatic hydroxyl groups is 1. The van der Waals surface area contributed by atoms with E-state index in [9.17, 15) is 43.2 Å². The van der Waals surface area contributed by atoms with E-state index in [1.807, 2.05) is 0 Å². The highest BCUT2D eigenvalue weighted by atomic mass is 31.2. The van der Waals surface area contributed by atoms with Gasteiger partial charge in [-0.2, -0.15) is 0 Å². The van der Waals surface area contributed by atoms with E-state index in [1.54, 1.807) is 0 Å². The maximum absolute atomic E-state index is 13.0. The molecule has 522 valence electrons. The molecule has 0 bridgehead atoms. The quantitative estimate of drug-likeness (QED) is 0.0222. The predicted octanol–water partition coefficient (Wildman–Crippen LogP) is 19.3. The fourth-order valence-corrected chi connectivity index (χ4v) is 11.9. The Labute approximate surface area is 537 Å². The molecule has 0 aliphatic heterocycles. The van der Waals surface area contributed by atoms with E-state index in [-0.39, 0.29) is 25.7 Å². The lowest BCUT2D eigenvalue weighted by Crippen LogP contribution is -2.30. The first-order chi connectivity index (χ1) is 42.1. The summed E-state index contributed by atoms with van der Waals surface area (Å²) in [7, 11) is -9.90. The van der Waals surface area contributed by atoms with Gasteiger partial charge in [0.25, 0.3) is 0 Å². The summed E-state index contributed by atoms with van der Waals surface area (Å²) in [6.07, 6.45) is 40.4. The zero-order valence-corrected chi connectivity index (χ0v) is 59.1. The third-order valence-corrected chi connectivity index (χ3v) is 17.7. The van der Waals surface area contributed by atoms with Gasteiger partial charge in [-0.1, -0.05) is 287 Å². The van der Waals surface area contributed by atoms with Crippen molar-refractivity contribution in [3.8, 4) is 0 Å². The van der Waals surface area contributed by atoms with E-state index < -0.39 is 97.5 Å². The largest absolute Gasteiger partial charge is 0.472 e. The highest BCUT2D eigenvalue weighted by molar-refractivity contribution is 7.47. The molecule has 19 heteroatoms. The third kappa shape index (κ3) is 62.8. The Bertz CT molecular complexity index is 1750. The van der Waals surface area contributed by atoms with Crippen LogP contribution in [0.25, 0.3) is 0 Å². The topological polar surface area (TPSA) is 237 Å². The first kappa shape index (κ1) is 86.1. The monoisotopic (exact) mass is 1300 g/mol. The molecule has 0 rings (SSSR count). The Balaban J connectivity index is 5.24. The number of carbonyl (C=O) groups excluding carboxylic acids is 4. The second-order valence-corrected chi connectivity index (χ2v) is 29.7. The van der Waals surface area contributed by atoms with Crippen LogP contribution in [0.3, 0.4) is 0 Å². The molecule has 3 unspecified atom stereocenters. The van der Waals surface area contributed by atoms with Gasteiger partial charge in [-0.15, -0.1) is 0 Å². The number of unbranched alkanes of at least 4 members (excludes halogenated alkanes) is 32. The minimum Gasteiger partial charge on any atom is -0.462 e. The molecule has 0 amide bonds. The number of aliphatic hydroxyl groups excluding tert-OH is 1. The summed E-state index contributed by atoms with van der Waals surface area (Å²) in [6.45, 7) is 14.0. The molecule has 0 aliphatic rings. The number of esters is 4. The number of hydrogen-bond acceptors (Lipinski definition) is 15. The molecule has 0 spiro atoms. The molecule has 5 atom stereocenters. The highest BCUT2D eigenvalue weighted by Gasteiger charge is 2.30. The van der Waals surface area contributed by atoms with Crippen LogP contribution in [0.4, 0.5) is 0 Å². The summed E-state index contributed by atoms with van der Waals surface area (Å²) in [5.41, 5.74) is 0. The summed E-state index contributed by atoms with van der Waals surface area (Å²) in [5.74, 6) is 0.812. The van der Waals surface area contributed by atoms with Gasteiger partial charge in [0.1, 0.15) is 19.3 Å². The fraction of sp³-hybridized carbons (Fsp3) is 0.942. The summed E-state index contributed by atoms with van der Waals surface area (Å²) >= 11 is 0. The van der Waals surface area contributed by atoms with Crippen molar-refractivity contribution in [2.24, 2.45) is 23.7 Å². The van der Waals surface area contributed by atoms with Gasteiger partial charge in [0.2, 0.25) is 0 Å². The Morgan fingerprint density at radius 1 is 0.284 bits per heavy atom. The van der Waals surface area contributed by atoms with Crippen LogP contribution in [0, 0.1) is 23.7 Å². The maximum atomic E-state index is 13.0. The first-order valence-electron chi connectivity index (χ1n) is 35.7. The van der Waals surface area contributed by atoms with Crippen molar-refractivity contribution in [1.29, 1.82) is 0 Å². The third-order valence-electron chi connectivity index (χ3n) is 15.8. The number of carbonyl (C=O) groups is 4. The molecule has 0 fully saturated rings. The van der Waals surface area contributed by atoms with Crippen LogP contribution in [-0.2, 0) is 65.4 Å². The highest BCUT2D eigenvalue weighted by Crippen LogP contribution is 2.45. The molecule has 0 aromatic carbocycles. The van der Waals surface area contributed by atoms with Crippen LogP contribution in [-0.4, -0.2) is 96.7 Å². The van der Waals surface area contributed by atoms with Crippen LogP contribution in [0.1, 0.15) is 338 Å². The lowest BCUT2D eigenvalue weighted by molar-refractivity contribution is -0.161. The van der Waals surface area contributed by atoms with Crippen molar-refractivity contribution in [2.75, 3.05) is 39.6 Å². The smallest absolute Gasteiger partial charge is 0.462 e. The van der Waals surface area contributed by atoms with Crippen LogP contribution in [0.2, 0.25) is 0 Å². The Kier molecular flexibility index (Phi) is 57.6. The maximum Gasteiger partial charge on any atom is 0.472 e. The molecule has 88 heavy (non-hydrogen) atoms. The second kappa shape index (κ2) is 58.8. The molecule has 0 heterocycles. The minimum atomic E-state index is -4.95. The lowest BCUT2D eigenvalue weighted by atomic mass is 10.0. The summed E-state index contributed by atoms with van der Waals surface area (Å²) < 4.78 is 68.2. The Hall–Kier alpha value is -1.94. The summed E-state index contributed by atoms with van der Waals surface area (Å²) in [4.78, 5) is 72.5. The molecule has 0 aliphatic carbocycles. The van der Waals surface area contributed by atoms with Gasteiger partial charge in [0, 0.05) is 25.7 Å². The molecule has 0 radical (unpaired) electrons. The normalized spacial score (nSPS) is 14.3. The van der Waals surface area contributed by atoms with E-state index in [4.69, 9.17) is 37.0 Å². The van der Waals surface area contributed by atoms with Crippen molar-refractivity contribution in [3.63, 3.8) is 0 Å². The average molecular weight is 1300 g/mol. The molecule has 0 aromatic rings. The van der Waals surface area contributed by atoms with Crippen LogP contribution in [0.5, 0.6) is 0 Å². The lowest BCUT2D eigenvalue weighted by Gasteiger charge is -2.21. The second-order valence-electron chi connectivity index (χ2n) is 26.8. The summed E-state index contributed by atoms with van der Waals surface area (Å²) in [5, 5.41) is 10.6. The van der Waals surface area contributed by atoms with Crippen molar-refractivity contribution < 1.29 is 80.2 Å². The minimum absolute atomic E-state index is 0.103. The summed E-state index contributed by atoms with van der Waals surface area (Å²) in [6, 6.07) is 0. The molecular weight excluding hydrogens is 1160 g/mol. The molecule has 0 aromatic heterocycles. The van der Waals surface area contributed by atoms with Gasteiger partial charge in [0.15, 0.2) is 12.2 Å². The molecule has 3 N–H and O–H groups in total. The number of phosphoric acid groups is 2. The van der Waals surface area contributed by atoms with E-state index in [0.717, 1.165) is 108 Å². The average Bonchev–Trinajstić information content (AvgIpc) is 3.60. The van der Waals surface area contributed by atoms with Gasteiger partial charge >= 0.3 is 39.5 Å². The number of ether oxygens (including phenoxy) is 4. The molecule has 17 nitrogen and oxygen atoms in total. The molecular formula is C69H134O17P2. The zero-order valence-electron chi connectivity index (χ0n) is 57.3. The van der Waals surface area contributed by atoms with E-state index >= 15 is 0 Å². The zero-order chi connectivity index (χ0) is 65.4. The van der Waals surface area contributed by atoms with Gasteiger partial charge < -0.3 is 33.8 Å². The van der Waals surface area contributed by atoms with E-state index in [2.05, 4.69) is 55.4 Å². The van der Waals surface area contributed by atoms with Gasteiger partial charge in [-0.25, -0.2) is 9.13 Å². The predicted molar refractivity (Wildman–Crippen MR) is 354 cm³/mol. The van der Waals surface area contributed by atoms with Gasteiger partial charge in [-0.05, 0) is 49.4 Å². The number of rotatable bonds is 66. The molecule has 0 saturated carbocycles. The first-order valence-corrected chi connectivity index (χ1v) is 38.7. The van der Waals surface area contributed by atoms with Crippen LogP contribution in [0.15, 0.2) is 0 Å².